The molecule has 0 saturated heterocycles. The third-order valence-corrected chi connectivity index (χ3v) is 6.32. The predicted molar refractivity (Wildman–Crippen MR) is 91.1 cm³/mol. The molecule has 0 aliphatic carbocycles. The standard InChI is InChI=1S/C16H2F30O3S/c17-1(3(19)50(47,48)49)2(18)4(20,21)5(22,23)6(24,25)7(26,27)8(28,29)9(30,31)10(32,33)11(34,35)12(36,37)13(38,39)14(40,41)15(42,43)16(44,45)46/h2H,(H,47,48,49)/b3-1-. The highest BCUT2D eigenvalue weighted by atomic mass is 32.2. The highest BCUT2D eigenvalue weighted by Crippen LogP contribution is 2.68. The Labute approximate surface area is 250 Å². The average Bonchev–Trinajstić information content (AvgIpc) is 2.89. The van der Waals surface area contributed by atoms with Crippen molar-refractivity contribution in [2.24, 2.45) is 0 Å². The fourth-order valence-electron chi connectivity index (χ4n) is 2.70. The van der Waals surface area contributed by atoms with E-state index in [2.05, 4.69) is 0 Å². The van der Waals surface area contributed by atoms with Crippen LogP contribution in [-0.2, 0) is 10.1 Å². The predicted octanol–water partition coefficient (Wildman–Crippen LogP) is 9.51. The van der Waals surface area contributed by atoms with E-state index in [0.29, 0.717) is 0 Å². The van der Waals surface area contributed by atoms with Gasteiger partial charge in [0, 0.05) is 0 Å². The summed E-state index contributed by atoms with van der Waals surface area (Å²) >= 11 is 0. The van der Waals surface area contributed by atoms with Gasteiger partial charge in [-0.2, -0.15) is 131 Å². The quantitative estimate of drug-likeness (QED) is 0.140. The van der Waals surface area contributed by atoms with Gasteiger partial charge in [0.2, 0.25) is 6.17 Å². The van der Waals surface area contributed by atoms with Crippen LogP contribution < -0.4 is 0 Å². The molecular weight excluding hydrogens is 842 g/mol. The van der Waals surface area contributed by atoms with Gasteiger partial charge >= 0.3 is 87.4 Å². The van der Waals surface area contributed by atoms with E-state index < -0.39 is 105 Å². The van der Waals surface area contributed by atoms with Crippen molar-refractivity contribution in [3.05, 3.63) is 11.0 Å². The SMILES string of the molecule is O=S(=O)(O)/C(F)=C(\F)C(F)C(F)(F)C(F)(F)C(F)(F)C(F)(F)C(F)(F)C(F)(F)C(F)(F)C(F)(F)C(F)(F)C(F)(F)C(F)(F)C(F)(F)C(F)(F)F. The van der Waals surface area contributed by atoms with Crippen molar-refractivity contribution in [2.45, 2.75) is 83.4 Å². The second-order valence-corrected chi connectivity index (χ2v) is 10.2. The molecule has 1 N–H and O–H groups in total. The molecule has 3 nitrogen and oxygen atoms in total. The molecule has 0 heterocycles. The average molecular weight is 844 g/mol. The molecule has 0 bridgehead atoms. The molecule has 0 aromatic rings. The Morgan fingerprint density at radius 3 is 0.740 bits per heavy atom. The minimum absolute atomic E-state index is 4.47. The van der Waals surface area contributed by atoms with Crippen LogP contribution in [-0.4, -0.2) is 96.4 Å². The first-order valence-corrected chi connectivity index (χ1v) is 11.7. The van der Waals surface area contributed by atoms with E-state index in [1.54, 1.807) is 0 Å². The summed E-state index contributed by atoms with van der Waals surface area (Å²) in [7, 11) is -7.09. The van der Waals surface area contributed by atoms with Crippen LogP contribution in [0.4, 0.5) is 132 Å². The molecule has 50 heavy (non-hydrogen) atoms. The third-order valence-electron chi connectivity index (χ3n) is 5.67. The van der Waals surface area contributed by atoms with E-state index in [9.17, 15) is 140 Å². The first kappa shape index (κ1) is 47.5. The summed E-state index contributed by atoms with van der Waals surface area (Å²) in [6, 6.07) is 0. The lowest BCUT2D eigenvalue weighted by Crippen LogP contribution is -2.79. The van der Waals surface area contributed by atoms with Crippen LogP contribution in [0.5, 0.6) is 0 Å². The monoisotopic (exact) mass is 844 g/mol. The molecule has 0 saturated carbocycles. The van der Waals surface area contributed by atoms with Crippen LogP contribution in [0.15, 0.2) is 11.0 Å². The Bertz CT molecular complexity index is 1420. The van der Waals surface area contributed by atoms with Gasteiger partial charge in [0.15, 0.2) is 5.83 Å². The van der Waals surface area contributed by atoms with Gasteiger partial charge in [-0.05, 0) is 0 Å². The highest BCUT2D eigenvalue weighted by molar-refractivity contribution is 7.89. The summed E-state index contributed by atoms with van der Waals surface area (Å²) in [4.78, 5) is 0. The van der Waals surface area contributed by atoms with Crippen molar-refractivity contribution in [3.8, 4) is 0 Å². The van der Waals surface area contributed by atoms with Crippen LogP contribution in [0.25, 0.3) is 0 Å². The van der Waals surface area contributed by atoms with Crippen LogP contribution in [0.3, 0.4) is 0 Å². The number of halogens is 30. The van der Waals surface area contributed by atoms with Crippen LogP contribution in [0.2, 0.25) is 0 Å². The number of hydrogen-bond acceptors (Lipinski definition) is 2. The highest BCUT2D eigenvalue weighted by Gasteiger charge is 3.00. The molecule has 0 fully saturated rings. The second kappa shape index (κ2) is 11.8. The topological polar surface area (TPSA) is 54.4 Å². The van der Waals surface area contributed by atoms with Crippen molar-refractivity contribution in [3.63, 3.8) is 0 Å². The lowest BCUT2D eigenvalue weighted by Gasteiger charge is -2.46. The largest absolute Gasteiger partial charge is 0.460 e. The van der Waals surface area contributed by atoms with Crippen molar-refractivity contribution in [1.29, 1.82) is 0 Å². The van der Waals surface area contributed by atoms with Gasteiger partial charge in [-0.1, -0.05) is 0 Å². The Kier molecular flexibility index (Phi) is 11.2. The molecular formula is C16H2F30O3S. The summed E-state index contributed by atoms with van der Waals surface area (Å²) in [5.41, 5.74) is 0. The minimum Gasteiger partial charge on any atom is -0.280 e. The smallest absolute Gasteiger partial charge is 0.280 e. The molecule has 300 valence electrons. The Morgan fingerprint density at radius 2 is 0.560 bits per heavy atom. The fourth-order valence-corrected chi connectivity index (χ4v) is 3.05. The fraction of sp³-hybridized carbons (Fsp3) is 0.875. The molecule has 0 aromatic heterocycles. The van der Waals surface area contributed by atoms with Crippen molar-refractivity contribution >= 4 is 10.1 Å². The normalized spacial score (nSPS) is 17.9. The van der Waals surface area contributed by atoms with E-state index in [1.165, 1.54) is 0 Å². The number of rotatable bonds is 14. The summed E-state index contributed by atoms with van der Waals surface area (Å²) < 4.78 is 428. The number of alkyl halides is 28. The molecule has 0 rings (SSSR count). The lowest BCUT2D eigenvalue weighted by molar-refractivity contribution is -0.485. The number of allylic oxidation sites excluding steroid dienone is 1. The molecule has 0 aromatic carbocycles. The van der Waals surface area contributed by atoms with Crippen molar-refractivity contribution < 1.29 is 145 Å². The van der Waals surface area contributed by atoms with Gasteiger partial charge in [0.25, 0.3) is 5.16 Å². The van der Waals surface area contributed by atoms with Crippen LogP contribution in [0.1, 0.15) is 0 Å². The Hall–Kier alpha value is -2.45. The minimum atomic E-state index is -10.1. The van der Waals surface area contributed by atoms with Gasteiger partial charge in [0.1, 0.15) is 0 Å². The van der Waals surface area contributed by atoms with Gasteiger partial charge in [-0.15, -0.1) is 0 Å². The van der Waals surface area contributed by atoms with Crippen molar-refractivity contribution in [2.75, 3.05) is 0 Å². The zero-order valence-corrected chi connectivity index (χ0v) is 21.9. The maximum atomic E-state index is 13.8. The lowest BCUT2D eigenvalue weighted by atomic mass is 9.83. The zero-order valence-electron chi connectivity index (χ0n) is 21.1. The van der Waals surface area contributed by atoms with Crippen molar-refractivity contribution in [1.82, 2.24) is 0 Å². The van der Waals surface area contributed by atoms with Crippen LogP contribution in [0, 0.1) is 0 Å². The molecule has 0 aliphatic rings. The maximum absolute atomic E-state index is 13.8. The molecule has 1 atom stereocenters. The zero-order chi connectivity index (χ0) is 41.7. The van der Waals surface area contributed by atoms with Gasteiger partial charge in [-0.3, -0.25) is 4.55 Å². The molecule has 0 spiro atoms. The Balaban J connectivity index is 7.63. The molecule has 0 aliphatic heterocycles. The first-order valence-electron chi connectivity index (χ1n) is 10.2. The van der Waals surface area contributed by atoms with E-state index in [1.807, 2.05) is 0 Å². The summed E-state index contributed by atoms with van der Waals surface area (Å²) in [6.45, 7) is 0. The van der Waals surface area contributed by atoms with E-state index >= 15 is 0 Å². The summed E-state index contributed by atoms with van der Waals surface area (Å²) in [5.74, 6) is -120. The Morgan fingerprint density at radius 1 is 0.380 bits per heavy atom. The summed E-state index contributed by atoms with van der Waals surface area (Å²) in [5, 5.41) is -4.47. The second-order valence-electron chi connectivity index (χ2n) is 8.90. The van der Waals surface area contributed by atoms with Gasteiger partial charge in [-0.25, -0.2) is 8.78 Å². The van der Waals surface area contributed by atoms with E-state index in [4.69, 9.17) is 4.55 Å². The number of hydrogen-bond donors (Lipinski definition) is 1. The van der Waals surface area contributed by atoms with Gasteiger partial charge < -0.3 is 0 Å². The molecule has 0 amide bonds. The molecule has 34 heteroatoms. The van der Waals surface area contributed by atoms with Crippen LogP contribution >= 0.6 is 0 Å². The van der Waals surface area contributed by atoms with Gasteiger partial charge in [0.05, 0.1) is 0 Å². The molecule has 1 unspecified atom stereocenters. The summed E-state index contributed by atoms with van der Waals surface area (Å²) in [6.07, 6.45) is -15.0. The van der Waals surface area contributed by atoms with E-state index in [-0.39, 0.29) is 0 Å². The maximum Gasteiger partial charge on any atom is 0.460 e. The first-order chi connectivity index (χ1) is 21.0. The third kappa shape index (κ3) is 5.74. The molecule has 0 radical (unpaired) electrons. The van der Waals surface area contributed by atoms with E-state index in [0.717, 1.165) is 0 Å².